The molecule has 0 spiro atoms. The minimum Gasteiger partial charge on any atom is -0.122 e. The molecule has 110 valence electrons. The molecule has 2 fully saturated rings. The molecule has 0 bridgehead atoms. The fraction of sp³-hybridized carbons (Fsp3) is 0.667. The predicted octanol–water partition coefficient (Wildman–Crippen LogP) is 6.10. The van der Waals surface area contributed by atoms with Gasteiger partial charge in [0.15, 0.2) is 0 Å². The molecular formula is C18H24Cl2. The molecule has 3 rings (SSSR count). The minimum atomic E-state index is 0.248. The van der Waals surface area contributed by atoms with Crippen LogP contribution in [0.2, 0.25) is 5.02 Å². The number of hydrogen-bond donors (Lipinski definition) is 0. The predicted molar refractivity (Wildman–Crippen MR) is 87.6 cm³/mol. The van der Waals surface area contributed by atoms with E-state index in [1.54, 1.807) is 0 Å². The normalized spacial score (nSPS) is 31.6. The molecule has 0 N–H and O–H groups in total. The van der Waals surface area contributed by atoms with E-state index >= 15 is 0 Å². The smallest absolute Gasteiger partial charge is 0.0438 e. The molecule has 4 atom stereocenters. The molecule has 2 aliphatic carbocycles. The summed E-state index contributed by atoms with van der Waals surface area (Å²) in [6.45, 7) is 0. The van der Waals surface area contributed by atoms with Crippen molar-refractivity contribution in [3.8, 4) is 0 Å². The molecule has 0 aromatic heterocycles. The van der Waals surface area contributed by atoms with Gasteiger partial charge in [0.25, 0.3) is 0 Å². The van der Waals surface area contributed by atoms with Crippen LogP contribution in [0.25, 0.3) is 0 Å². The lowest BCUT2D eigenvalue weighted by Crippen LogP contribution is -2.32. The Morgan fingerprint density at radius 1 is 1.00 bits per heavy atom. The van der Waals surface area contributed by atoms with Crippen LogP contribution in [-0.4, -0.2) is 5.38 Å². The van der Waals surface area contributed by atoms with Gasteiger partial charge in [-0.3, -0.25) is 0 Å². The summed E-state index contributed by atoms with van der Waals surface area (Å²) in [7, 11) is 0. The van der Waals surface area contributed by atoms with E-state index in [2.05, 4.69) is 12.1 Å². The SMILES string of the molecule is Clc1ccccc1CC(Cl)C1CCC2CCCCC2C1. The standard InChI is InChI=1S/C18H24Cl2/c19-17-8-4-3-7-15(17)12-18(20)16-10-9-13-5-1-2-6-14(13)11-16/h3-4,7-8,13-14,16,18H,1-2,5-6,9-12H2. The Labute approximate surface area is 132 Å². The lowest BCUT2D eigenvalue weighted by Gasteiger charge is -2.40. The maximum atomic E-state index is 6.74. The average Bonchev–Trinajstić information content (AvgIpc) is 2.49. The Morgan fingerprint density at radius 3 is 2.55 bits per heavy atom. The zero-order valence-corrected chi connectivity index (χ0v) is 13.5. The maximum Gasteiger partial charge on any atom is 0.0438 e. The number of rotatable bonds is 3. The van der Waals surface area contributed by atoms with Crippen LogP contribution in [0.15, 0.2) is 24.3 Å². The molecule has 20 heavy (non-hydrogen) atoms. The van der Waals surface area contributed by atoms with Crippen LogP contribution in [-0.2, 0) is 6.42 Å². The Balaban J connectivity index is 1.60. The average molecular weight is 311 g/mol. The Bertz CT molecular complexity index is 443. The molecule has 0 saturated heterocycles. The van der Waals surface area contributed by atoms with E-state index in [0.29, 0.717) is 5.92 Å². The van der Waals surface area contributed by atoms with Crippen LogP contribution in [0.1, 0.15) is 50.5 Å². The summed E-state index contributed by atoms with van der Waals surface area (Å²) in [5.41, 5.74) is 1.21. The van der Waals surface area contributed by atoms with Gasteiger partial charge in [-0.1, -0.05) is 55.5 Å². The van der Waals surface area contributed by atoms with Crippen LogP contribution < -0.4 is 0 Å². The molecule has 2 aliphatic rings. The van der Waals surface area contributed by atoms with Crippen molar-refractivity contribution in [2.75, 3.05) is 0 Å². The van der Waals surface area contributed by atoms with Crippen molar-refractivity contribution < 1.29 is 0 Å². The summed E-state index contributed by atoms with van der Waals surface area (Å²) >= 11 is 13.0. The van der Waals surface area contributed by atoms with Crippen molar-refractivity contribution in [1.29, 1.82) is 0 Å². The van der Waals surface area contributed by atoms with Crippen molar-refractivity contribution in [3.63, 3.8) is 0 Å². The number of benzene rings is 1. The third-order valence-electron chi connectivity index (χ3n) is 5.46. The van der Waals surface area contributed by atoms with Gasteiger partial charge in [0.1, 0.15) is 0 Å². The van der Waals surface area contributed by atoms with Crippen LogP contribution >= 0.6 is 23.2 Å². The Hall–Kier alpha value is -0.200. The minimum absolute atomic E-state index is 0.248. The molecule has 0 amide bonds. The van der Waals surface area contributed by atoms with E-state index in [0.717, 1.165) is 23.3 Å². The quantitative estimate of drug-likeness (QED) is 0.592. The van der Waals surface area contributed by atoms with Crippen molar-refractivity contribution in [1.82, 2.24) is 0 Å². The highest BCUT2D eigenvalue weighted by molar-refractivity contribution is 6.31. The first kappa shape index (κ1) is 14.7. The van der Waals surface area contributed by atoms with E-state index in [-0.39, 0.29) is 5.38 Å². The summed E-state index contributed by atoms with van der Waals surface area (Å²) in [5, 5.41) is 1.11. The molecule has 1 aromatic rings. The molecule has 2 heteroatoms. The van der Waals surface area contributed by atoms with Crippen LogP contribution in [0.4, 0.5) is 0 Å². The Morgan fingerprint density at radius 2 is 1.75 bits per heavy atom. The van der Waals surface area contributed by atoms with Crippen molar-refractivity contribution in [2.24, 2.45) is 17.8 Å². The summed E-state index contributed by atoms with van der Waals surface area (Å²) in [5.74, 6) is 2.64. The monoisotopic (exact) mass is 310 g/mol. The number of halogens is 2. The van der Waals surface area contributed by atoms with Gasteiger partial charge in [0.05, 0.1) is 0 Å². The van der Waals surface area contributed by atoms with E-state index < -0.39 is 0 Å². The molecular weight excluding hydrogens is 287 g/mol. The van der Waals surface area contributed by atoms with Crippen molar-refractivity contribution >= 4 is 23.2 Å². The first-order valence-corrected chi connectivity index (χ1v) is 8.93. The zero-order chi connectivity index (χ0) is 13.9. The molecule has 2 saturated carbocycles. The largest absolute Gasteiger partial charge is 0.122 e. The van der Waals surface area contributed by atoms with Gasteiger partial charge in [-0.2, -0.15) is 0 Å². The Kier molecular flexibility index (Phi) is 4.94. The van der Waals surface area contributed by atoms with Crippen LogP contribution in [0.5, 0.6) is 0 Å². The van der Waals surface area contributed by atoms with Crippen molar-refractivity contribution in [2.45, 2.75) is 56.7 Å². The fourth-order valence-electron chi connectivity index (χ4n) is 4.28. The van der Waals surface area contributed by atoms with Gasteiger partial charge in [0.2, 0.25) is 0 Å². The molecule has 1 aromatic carbocycles. The second-order valence-corrected chi connectivity index (χ2v) is 7.66. The summed E-state index contributed by atoms with van der Waals surface area (Å²) < 4.78 is 0. The highest BCUT2D eigenvalue weighted by Crippen LogP contribution is 2.44. The zero-order valence-electron chi connectivity index (χ0n) is 12.0. The van der Waals surface area contributed by atoms with Gasteiger partial charge in [-0.05, 0) is 55.1 Å². The topological polar surface area (TPSA) is 0 Å². The van der Waals surface area contributed by atoms with Crippen LogP contribution in [0.3, 0.4) is 0 Å². The molecule has 4 unspecified atom stereocenters. The molecule has 0 heterocycles. The summed E-state index contributed by atoms with van der Waals surface area (Å²) in [6, 6.07) is 8.13. The first-order chi connectivity index (χ1) is 9.74. The number of fused-ring (bicyclic) bond motifs is 1. The first-order valence-electron chi connectivity index (χ1n) is 8.11. The van der Waals surface area contributed by atoms with Gasteiger partial charge < -0.3 is 0 Å². The van der Waals surface area contributed by atoms with E-state index in [1.165, 1.54) is 50.5 Å². The maximum absolute atomic E-state index is 6.74. The molecule has 0 aliphatic heterocycles. The highest BCUT2D eigenvalue weighted by Gasteiger charge is 2.34. The van der Waals surface area contributed by atoms with E-state index in [1.807, 2.05) is 12.1 Å². The molecule has 0 nitrogen and oxygen atoms in total. The second-order valence-electron chi connectivity index (χ2n) is 6.69. The second kappa shape index (κ2) is 6.71. The van der Waals surface area contributed by atoms with E-state index in [4.69, 9.17) is 23.2 Å². The fourth-order valence-corrected chi connectivity index (χ4v) is 4.89. The van der Waals surface area contributed by atoms with Gasteiger partial charge in [0, 0.05) is 10.4 Å². The lowest BCUT2D eigenvalue weighted by atomic mass is 9.66. The van der Waals surface area contributed by atoms with Gasteiger partial charge in [-0.25, -0.2) is 0 Å². The molecule has 0 radical (unpaired) electrons. The summed E-state index contributed by atoms with van der Waals surface area (Å²) in [4.78, 5) is 0. The lowest BCUT2D eigenvalue weighted by molar-refractivity contribution is 0.127. The van der Waals surface area contributed by atoms with Gasteiger partial charge in [-0.15, -0.1) is 11.6 Å². The third-order valence-corrected chi connectivity index (χ3v) is 6.34. The van der Waals surface area contributed by atoms with Crippen molar-refractivity contribution in [3.05, 3.63) is 34.9 Å². The highest BCUT2D eigenvalue weighted by atomic mass is 35.5. The number of alkyl halides is 1. The summed E-state index contributed by atoms with van der Waals surface area (Å²) in [6.07, 6.45) is 10.8. The van der Waals surface area contributed by atoms with Gasteiger partial charge >= 0.3 is 0 Å². The third kappa shape index (κ3) is 3.34. The van der Waals surface area contributed by atoms with Crippen LogP contribution in [0, 0.1) is 17.8 Å². The number of hydrogen-bond acceptors (Lipinski definition) is 0. The van der Waals surface area contributed by atoms with E-state index in [9.17, 15) is 0 Å².